The van der Waals surface area contributed by atoms with Crippen LogP contribution in [0.15, 0.2) is 36.4 Å². The smallest absolute Gasteiger partial charge is 0.256 e. The Morgan fingerprint density at radius 3 is 2.45 bits per heavy atom. The number of halogens is 3. The molecular formula is C15H8F2INO. The topological polar surface area (TPSA) is 29.1 Å². The van der Waals surface area contributed by atoms with E-state index in [4.69, 9.17) is 0 Å². The van der Waals surface area contributed by atoms with Crippen LogP contribution in [-0.2, 0) is 4.79 Å². The summed E-state index contributed by atoms with van der Waals surface area (Å²) in [6.45, 7) is 0. The Balaban J connectivity index is 2.12. The van der Waals surface area contributed by atoms with E-state index in [0.717, 1.165) is 15.2 Å². The van der Waals surface area contributed by atoms with Crippen molar-refractivity contribution in [3.8, 4) is 0 Å². The molecule has 2 nitrogen and oxygen atoms in total. The van der Waals surface area contributed by atoms with Gasteiger partial charge >= 0.3 is 0 Å². The number of benzene rings is 2. The summed E-state index contributed by atoms with van der Waals surface area (Å²) in [5.74, 6) is -1.61. The van der Waals surface area contributed by atoms with Crippen LogP contribution in [0, 0.1) is 15.2 Å². The SMILES string of the molecule is O=C1Nc2ccc(I)cc2C1=Cc1cc(F)cc(F)c1. The molecular weight excluding hydrogens is 375 g/mol. The first-order chi connectivity index (χ1) is 9.52. The summed E-state index contributed by atoms with van der Waals surface area (Å²) in [5.41, 5.74) is 2.17. The Hall–Kier alpha value is -1.76. The summed E-state index contributed by atoms with van der Waals surface area (Å²) in [6, 6.07) is 8.72. The Morgan fingerprint density at radius 2 is 1.75 bits per heavy atom. The molecule has 5 heteroatoms. The molecule has 1 amide bonds. The zero-order valence-corrected chi connectivity index (χ0v) is 12.2. The predicted octanol–water partition coefficient (Wildman–Crippen LogP) is 4.06. The molecule has 2 aromatic rings. The fourth-order valence-corrected chi connectivity index (χ4v) is 2.62. The first-order valence-electron chi connectivity index (χ1n) is 5.82. The van der Waals surface area contributed by atoms with E-state index in [1.165, 1.54) is 18.2 Å². The van der Waals surface area contributed by atoms with Crippen molar-refractivity contribution in [3.63, 3.8) is 0 Å². The molecule has 0 bridgehead atoms. The standard InChI is InChI=1S/C15H8F2INO/c16-9-3-8(4-10(17)6-9)5-13-12-7-11(18)1-2-14(12)19-15(13)20/h1-7H,(H,19,20). The van der Waals surface area contributed by atoms with Crippen LogP contribution in [0.3, 0.4) is 0 Å². The molecule has 0 radical (unpaired) electrons. The van der Waals surface area contributed by atoms with Gasteiger partial charge in [-0.25, -0.2) is 8.78 Å². The summed E-state index contributed by atoms with van der Waals surface area (Å²) in [7, 11) is 0. The van der Waals surface area contributed by atoms with Crippen molar-refractivity contribution in [3.05, 3.63) is 62.7 Å². The van der Waals surface area contributed by atoms with Crippen LogP contribution in [0.2, 0.25) is 0 Å². The molecule has 0 spiro atoms. The van der Waals surface area contributed by atoms with E-state index in [1.807, 2.05) is 18.2 Å². The van der Waals surface area contributed by atoms with Crippen LogP contribution in [0.25, 0.3) is 11.6 Å². The number of fused-ring (bicyclic) bond motifs is 1. The lowest BCUT2D eigenvalue weighted by atomic mass is 10.0. The van der Waals surface area contributed by atoms with Crippen molar-refractivity contribution in [1.29, 1.82) is 0 Å². The number of anilines is 1. The summed E-state index contributed by atoms with van der Waals surface area (Å²) in [4.78, 5) is 11.9. The average Bonchev–Trinajstić information content (AvgIpc) is 2.65. The summed E-state index contributed by atoms with van der Waals surface area (Å²) >= 11 is 2.15. The van der Waals surface area contributed by atoms with E-state index in [-0.39, 0.29) is 5.91 Å². The lowest BCUT2D eigenvalue weighted by Gasteiger charge is -2.00. The van der Waals surface area contributed by atoms with Crippen molar-refractivity contribution in [2.45, 2.75) is 0 Å². The number of nitrogens with one attached hydrogen (secondary N) is 1. The van der Waals surface area contributed by atoms with Gasteiger partial charge in [0.2, 0.25) is 0 Å². The first-order valence-corrected chi connectivity index (χ1v) is 6.90. The van der Waals surface area contributed by atoms with Gasteiger partial charge in [-0.05, 0) is 64.6 Å². The highest BCUT2D eigenvalue weighted by molar-refractivity contribution is 14.1. The molecule has 0 fully saturated rings. The van der Waals surface area contributed by atoms with Crippen molar-refractivity contribution in [2.75, 3.05) is 5.32 Å². The number of amides is 1. The van der Waals surface area contributed by atoms with Gasteiger partial charge in [0.1, 0.15) is 11.6 Å². The fourth-order valence-electron chi connectivity index (χ4n) is 2.13. The molecule has 0 atom stereocenters. The molecule has 0 unspecified atom stereocenters. The highest BCUT2D eigenvalue weighted by Crippen LogP contribution is 2.34. The molecule has 2 aromatic carbocycles. The number of rotatable bonds is 1. The zero-order chi connectivity index (χ0) is 14.3. The van der Waals surface area contributed by atoms with E-state index in [1.54, 1.807) is 0 Å². The number of hydrogen-bond acceptors (Lipinski definition) is 1. The largest absolute Gasteiger partial charge is 0.321 e. The molecule has 1 aliphatic rings. The van der Waals surface area contributed by atoms with E-state index >= 15 is 0 Å². The normalized spacial score (nSPS) is 15.3. The van der Waals surface area contributed by atoms with E-state index in [0.29, 0.717) is 16.8 Å². The van der Waals surface area contributed by atoms with Crippen LogP contribution in [-0.4, -0.2) is 5.91 Å². The molecule has 0 saturated carbocycles. The van der Waals surface area contributed by atoms with Crippen molar-refractivity contribution < 1.29 is 13.6 Å². The van der Waals surface area contributed by atoms with Gasteiger partial charge in [-0.15, -0.1) is 0 Å². The fraction of sp³-hybridized carbons (Fsp3) is 0. The van der Waals surface area contributed by atoms with Gasteiger partial charge < -0.3 is 5.32 Å². The quantitative estimate of drug-likeness (QED) is 0.584. The highest BCUT2D eigenvalue weighted by atomic mass is 127. The van der Waals surface area contributed by atoms with E-state index in [2.05, 4.69) is 27.9 Å². The van der Waals surface area contributed by atoms with Gasteiger partial charge in [0.25, 0.3) is 5.91 Å². The van der Waals surface area contributed by atoms with E-state index in [9.17, 15) is 13.6 Å². The minimum absolute atomic E-state index is 0.272. The van der Waals surface area contributed by atoms with Gasteiger partial charge in [0.05, 0.1) is 0 Å². The number of carbonyl (C=O) groups excluding carboxylic acids is 1. The summed E-state index contributed by atoms with van der Waals surface area (Å²) < 4.78 is 27.4. The van der Waals surface area contributed by atoms with Gasteiger partial charge in [0, 0.05) is 26.5 Å². The second-order valence-electron chi connectivity index (χ2n) is 4.40. The van der Waals surface area contributed by atoms with Crippen LogP contribution in [0.4, 0.5) is 14.5 Å². The number of carbonyl (C=O) groups is 1. The van der Waals surface area contributed by atoms with E-state index < -0.39 is 11.6 Å². The second-order valence-corrected chi connectivity index (χ2v) is 5.65. The molecule has 1 aliphatic heterocycles. The maximum absolute atomic E-state index is 13.2. The molecule has 1 N–H and O–H groups in total. The second kappa shape index (κ2) is 4.97. The Labute approximate surface area is 127 Å². The van der Waals surface area contributed by atoms with Gasteiger partial charge in [-0.1, -0.05) is 0 Å². The van der Waals surface area contributed by atoms with Crippen LogP contribution >= 0.6 is 22.6 Å². The Bertz CT molecular complexity index is 735. The minimum atomic E-state index is -0.668. The van der Waals surface area contributed by atoms with Crippen molar-refractivity contribution in [2.24, 2.45) is 0 Å². The predicted molar refractivity (Wildman–Crippen MR) is 82.0 cm³/mol. The molecule has 3 rings (SSSR count). The minimum Gasteiger partial charge on any atom is -0.321 e. The van der Waals surface area contributed by atoms with Crippen molar-refractivity contribution in [1.82, 2.24) is 0 Å². The van der Waals surface area contributed by atoms with Gasteiger partial charge in [0.15, 0.2) is 0 Å². The molecule has 0 aromatic heterocycles. The average molecular weight is 383 g/mol. The number of hydrogen-bond donors (Lipinski definition) is 1. The summed E-state index contributed by atoms with van der Waals surface area (Å²) in [5, 5.41) is 2.73. The Kier molecular flexibility index (Phi) is 3.29. The Morgan fingerprint density at radius 1 is 1.05 bits per heavy atom. The monoisotopic (exact) mass is 383 g/mol. The molecule has 1 heterocycles. The summed E-state index contributed by atoms with van der Waals surface area (Å²) in [6.07, 6.45) is 1.49. The lowest BCUT2D eigenvalue weighted by molar-refractivity contribution is -0.110. The molecule has 20 heavy (non-hydrogen) atoms. The van der Waals surface area contributed by atoms with Gasteiger partial charge in [-0.3, -0.25) is 4.79 Å². The third-order valence-electron chi connectivity index (χ3n) is 2.96. The molecule has 100 valence electrons. The maximum Gasteiger partial charge on any atom is 0.256 e. The maximum atomic E-state index is 13.2. The lowest BCUT2D eigenvalue weighted by Crippen LogP contribution is -2.03. The third kappa shape index (κ3) is 2.45. The molecule has 0 aliphatic carbocycles. The highest BCUT2D eigenvalue weighted by Gasteiger charge is 2.24. The van der Waals surface area contributed by atoms with Crippen LogP contribution in [0.5, 0.6) is 0 Å². The van der Waals surface area contributed by atoms with Gasteiger partial charge in [-0.2, -0.15) is 0 Å². The third-order valence-corrected chi connectivity index (χ3v) is 3.63. The van der Waals surface area contributed by atoms with Crippen LogP contribution in [0.1, 0.15) is 11.1 Å². The first kappa shape index (κ1) is 13.2. The van der Waals surface area contributed by atoms with Crippen LogP contribution < -0.4 is 5.32 Å². The zero-order valence-electron chi connectivity index (χ0n) is 10.1. The molecule has 0 saturated heterocycles. The van der Waals surface area contributed by atoms with Crippen molar-refractivity contribution >= 4 is 45.8 Å².